The number of aliphatic carboxylic acids is 1. The minimum absolute atomic E-state index is 0.155. The first-order chi connectivity index (χ1) is 19.9. The van der Waals surface area contributed by atoms with Crippen molar-refractivity contribution in [1.82, 2.24) is 4.57 Å². The van der Waals surface area contributed by atoms with E-state index in [1.54, 1.807) is 62.6 Å². The molecule has 0 bridgehead atoms. The van der Waals surface area contributed by atoms with Crippen LogP contribution in [0.25, 0.3) is 11.8 Å². The molecule has 10 heteroatoms. The fourth-order valence-corrected chi connectivity index (χ4v) is 5.52. The molecule has 1 aliphatic heterocycles. The molecule has 0 aliphatic carbocycles. The van der Waals surface area contributed by atoms with Gasteiger partial charge in [-0.1, -0.05) is 65.9 Å². The van der Waals surface area contributed by atoms with Crippen LogP contribution in [-0.2, 0) is 14.3 Å². The number of benzene rings is 3. The van der Waals surface area contributed by atoms with E-state index in [0.717, 1.165) is 0 Å². The van der Waals surface area contributed by atoms with E-state index >= 15 is 0 Å². The number of nitrogens with zero attached hydrogens (tertiary/aromatic N) is 2. The number of methoxy groups -OCH3 is 1. The molecule has 2 heterocycles. The number of aromatic nitrogens is 1. The van der Waals surface area contributed by atoms with Gasteiger partial charge >= 0.3 is 5.97 Å². The van der Waals surface area contributed by atoms with E-state index in [4.69, 9.17) is 19.2 Å². The molecule has 5 rings (SSSR count). The Balaban J connectivity index is 1.72. The van der Waals surface area contributed by atoms with Crippen molar-refractivity contribution in [3.05, 3.63) is 121 Å². The van der Waals surface area contributed by atoms with Crippen LogP contribution in [0.4, 0.5) is 0 Å². The maximum atomic E-state index is 13.9. The van der Waals surface area contributed by atoms with Gasteiger partial charge in [-0.05, 0) is 48.4 Å². The van der Waals surface area contributed by atoms with Crippen LogP contribution in [0.1, 0.15) is 29.7 Å². The molecule has 0 unspecified atom stereocenters. The predicted octanol–water partition coefficient (Wildman–Crippen LogP) is 2.07. The van der Waals surface area contributed by atoms with Crippen molar-refractivity contribution in [3.63, 3.8) is 0 Å². The number of rotatable bonds is 9. The quantitative estimate of drug-likeness (QED) is 0.283. The number of fused-ring (bicyclic) bond motifs is 1. The van der Waals surface area contributed by atoms with Crippen molar-refractivity contribution in [2.24, 2.45) is 4.99 Å². The fourth-order valence-electron chi connectivity index (χ4n) is 4.52. The maximum absolute atomic E-state index is 13.9. The number of carbonyl (C=O) groups is 2. The highest BCUT2D eigenvalue weighted by Gasteiger charge is 2.35. The molecule has 9 nitrogen and oxygen atoms in total. The lowest BCUT2D eigenvalue weighted by Gasteiger charge is -2.26. The van der Waals surface area contributed by atoms with Crippen molar-refractivity contribution in [2.75, 3.05) is 20.3 Å². The summed E-state index contributed by atoms with van der Waals surface area (Å²) in [4.78, 5) is 43.4. The standard InChI is InChI=1S/C31H26N2O7S/c1-3-39-30(37)26-27(20-8-5-4-6-9-20)32-31-33(28(26)21-10-7-11-23(17-21)38-2)29(36)24(41-31)16-19-12-14-22(15-13-19)40-18-25(34)35/h4-17,28H,3,18H2,1-2H3,(H,34,35)/p-1/b24-16-/t28-/m0/s1. The van der Waals surface area contributed by atoms with Gasteiger partial charge in [0, 0.05) is 5.56 Å². The molecule has 0 saturated heterocycles. The summed E-state index contributed by atoms with van der Waals surface area (Å²) in [5.74, 6) is -0.952. The van der Waals surface area contributed by atoms with Crippen LogP contribution >= 0.6 is 11.3 Å². The van der Waals surface area contributed by atoms with Crippen LogP contribution in [0.3, 0.4) is 0 Å². The highest BCUT2D eigenvalue weighted by molar-refractivity contribution is 7.07. The van der Waals surface area contributed by atoms with Crippen molar-refractivity contribution in [2.45, 2.75) is 13.0 Å². The first kappa shape index (κ1) is 27.6. The molecule has 0 radical (unpaired) electrons. The summed E-state index contributed by atoms with van der Waals surface area (Å²) >= 11 is 1.20. The number of thiazole rings is 1. The van der Waals surface area contributed by atoms with E-state index in [1.165, 1.54) is 15.9 Å². The van der Waals surface area contributed by atoms with Gasteiger partial charge in [0.1, 0.15) is 18.1 Å². The minimum Gasteiger partial charge on any atom is -0.546 e. The molecule has 0 N–H and O–H groups in total. The third kappa shape index (κ3) is 5.82. The molecule has 1 aromatic heterocycles. The Morgan fingerprint density at radius 2 is 1.78 bits per heavy atom. The molecule has 1 atom stereocenters. The average molecular weight is 570 g/mol. The van der Waals surface area contributed by atoms with Gasteiger partial charge < -0.3 is 24.1 Å². The Labute approximate surface area is 238 Å². The van der Waals surface area contributed by atoms with Crippen LogP contribution in [0.5, 0.6) is 11.5 Å². The third-order valence-corrected chi connectivity index (χ3v) is 7.30. The number of hydrogen-bond donors (Lipinski definition) is 0. The molecule has 3 aromatic carbocycles. The third-order valence-electron chi connectivity index (χ3n) is 6.32. The maximum Gasteiger partial charge on any atom is 0.338 e. The Bertz CT molecular complexity index is 1810. The lowest BCUT2D eigenvalue weighted by atomic mass is 9.93. The molecule has 0 spiro atoms. The van der Waals surface area contributed by atoms with Gasteiger partial charge in [0.25, 0.3) is 5.56 Å². The van der Waals surface area contributed by atoms with Crippen molar-refractivity contribution in [3.8, 4) is 11.5 Å². The first-order valence-electron chi connectivity index (χ1n) is 12.7. The summed E-state index contributed by atoms with van der Waals surface area (Å²) in [6, 6.07) is 22.4. The first-order valence-corrected chi connectivity index (χ1v) is 13.6. The molecule has 41 heavy (non-hydrogen) atoms. The SMILES string of the molecule is CCOC(=O)C1=C(c2ccccc2)N=c2s/c(=C\c3ccc(OCC(=O)[O-])cc3)c(=O)n2[C@H]1c1cccc(OC)c1. The van der Waals surface area contributed by atoms with Crippen molar-refractivity contribution >= 4 is 35.0 Å². The molecule has 1 aliphatic rings. The van der Waals surface area contributed by atoms with E-state index < -0.39 is 24.6 Å². The van der Waals surface area contributed by atoms with Crippen molar-refractivity contribution < 1.29 is 28.9 Å². The van der Waals surface area contributed by atoms with Crippen LogP contribution < -0.4 is 29.5 Å². The van der Waals surface area contributed by atoms with Crippen LogP contribution in [0.15, 0.2) is 94.2 Å². The Kier molecular flexibility index (Phi) is 8.11. The molecule has 208 valence electrons. The zero-order valence-corrected chi connectivity index (χ0v) is 23.1. The van der Waals surface area contributed by atoms with E-state index in [1.807, 2.05) is 36.4 Å². The monoisotopic (exact) mass is 569 g/mol. The zero-order valence-electron chi connectivity index (χ0n) is 22.2. The van der Waals surface area contributed by atoms with Gasteiger partial charge in [0.05, 0.1) is 41.5 Å². The number of esters is 1. The Morgan fingerprint density at radius 1 is 1.02 bits per heavy atom. The summed E-state index contributed by atoms with van der Waals surface area (Å²) < 4.78 is 18.0. The number of carboxylic acid groups (broad SMARTS) is 1. The summed E-state index contributed by atoms with van der Waals surface area (Å²) in [6.45, 7) is 1.32. The summed E-state index contributed by atoms with van der Waals surface area (Å²) in [5, 5.41) is 10.7. The number of carboxylic acids is 1. The van der Waals surface area contributed by atoms with E-state index in [9.17, 15) is 19.5 Å². The summed E-state index contributed by atoms with van der Waals surface area (Å²) in [5.41, 5.74) is 2.43. The Hall–Kier alpha value is -4.96. The van der Waals surface area contributed by atoms with E-state index in [-0.39, 0.29) is 17.7 Å². The Morgan fingerprint density at radius 3 is 2.46 bits per heavy atom. The molecule has 4 aromatic rings. The van der Waals surface area contributed by atoms with Gasteiger partial charge in [-0.15, -0.1) is 0 Å². The lowest BCUT2D eigenvalue weighted by molar-refractivity contribution is -0.307. The number of hydrogen-bond acceptors (Lipinski definition) is 9. The van der Waals surface area contributed by atoms with Crippen molar-refractivity contribution in [1.29, 1.82) is 0 Å². The fraction of sp³-hybridized carbons (Fsp3) is 0.161. The zero-order chi connectivity index (χ0) is 28.9. The molecular weight excluding hydrogens is 544 g/mol. The summed E-state index contributed by atoms with van der Waals surface area (Å²) in [7, 11) is 1.55. The second-order valence-electron chi connectivity index (χ2n) is 8.94. The number of ether oxygens (including phenoxy) is 3. The minimum atomic E-state index is -1.32. The summed E-state index contributed by atoms with van der Waals surface area (Å²) in [6.07, 6.45) is 1.71. The molecule has 0 amide bonds. The van der Waals surface area contributed by atoms with Gasteiger partial charge in [-0.25, -0.2) is 9.79 Å². The second kappa shape index (κ2) is 12.1. The predicted molar refractivity (Wildman–Crippen MR) is 151 cm³/mol. The van der Waals surface area contributed by atoms with Crippen LogP contribution in [0, 0.1) is 0 Å². The van der Waals surface area contributed by atoms with Gasteiger partial charge in [0.15, 0.2) is 4.80 Å². The topological polar surface area (TPSA) is 119 Å². The molecule has 0 fully saturated rings. The van der Waals surface area contributed by atoms with Crippen LogP contribution in [0.2, 0.25) is 0 Å². The van der Waals surface area contributed by atoms with Crippen LogP contribution in [-0.4, -0.2) is 36.8 Å². The smallest absolute Gasteiger partial charge is 0.338 e. The lowest BCUT2D eigenvalue weighted by Crippen LogP contribution is -2.40. The highest BCUT2D eigenvalue weighted by atomic mass is 32.1. The molecular formula is C31H25N2O7S-. The number of carbonyl (C=O) groups excluding carboxylic acids is 2. The van der Waals surface area contributed by atoms with E-state index in [2.05, 4.69) is 0 Å². The molecule has 0 saturated carbocycles. The largest absolute Gasteiger partial charge is 0.546 e. The van der Waals surface area contributed by atoms with Gasteiger partial charge in [0.2, 0.25) is 0 Å². The normalized spacial score (nSPS) is 14.7. The van der Waals surface area contributed by atoms with E-state index in [0.29, 0.717) is 43.2 Å². The second-order valence-corrected chi connectivity index (χ2v) is 9.95. The average Bonchev–Trinajstić information content (AvgIpc) is 3.30. The van der Waals surface area contributed by atoms with Gasteiger partial charge in [-0.2, -0.15) is 0 Å². The van der Waals surface area contributed by atoms with Gasteiger partial charge in [-0.3, -0.25) is 9.36 Å². The highest BCUT2D eigenvalue weighted by Crippen LogP contribution is 2.36.